The second-order valence-corrected chi connectivity index (χ2v) is 14.7. The van der Waals surface area contributed by atoms with E-state index in [-0.39, 0.29) is 79.5 Å². The van der Waals surface area contributed by atoms with Gasteiger partial charge in [0.15, 0.2) is 11.7 Å². The van der Waals surface area contributed by atoms with Gasteiger partial charge in [0.2, 0.25) is 17.8 Å². The first-order chi connectivity index (χ1) is 28.4. The van der Waals surface area contributed by atoms with Gasteiger partial charge in [-0.1, -0.05) is 0 Å². The van der Waals surface area contributed by atoms with Crippen LogP contribution in [0.2, 0.25) is 0 Å². The van der Waals surface area contributed by atoms with E-state index in [1.165, 1.54) is 35.8 Å². The third-order valence-electron chi connectivity index (χ3n) is 9.71. The molecule has 3 heterocycles. The number of anilines is 3. The van der Waals surface area contributed by atoms with Gasteiger partial charge in [0.05, 0.1) is 43.2 Å². The monoisotopic (exact) mass is 869 g/mol. The molecule has 2 aliphatic carbocycles. The Labute approximate surface area is 357 Å². The number of nitrogen functional groups attached to an aromatic ring is 1. The smallest absolute Gasteiger partial charge is 0.414 e. The summed E-state index contributed by atoms with van der Waals surface area (Å²) in [6, 6.07) is 5.87. The predicted octanol–water partition coefficient (Wildman–Crippen LogP) is 3.33. The van der Waals surface area contributed by atoms with Gasteiger partial charge in [-0.2, -0.15) is 0 Å². The first-order valence-electron chi connectivity index (χ1n) is 19.1. The molecule has 61 heavy (non-hydrogen) atoms. The number of ether oxygens (including phenoxy) is 2. The summed E-state index contributed by atoms with van der Waals surface area (Å²) in [5.74, 6) is -2.01. The predicted molar refractivity (Wildman–Crippen MR) is 225 cm³/mol. The molecule has 1 aromatic heterocycles. The zero-order chi connectivity index (χ0) is 43.8. The minimum atomic E-state index is -0.664. The van der Waals surface area contributed by atoms with Gasteiger partial charge >= 0.3 is 12.2 Å². The number of nitrogens with one attached hydrogen (secondary N) is 3. The molecule has 18 nitrogen and oxygen atoms in total. The number of cyclic esters (lactones) is 2. The van der Waals surface area contributed by atoms with Gasteiger partial charge in [-0.3, -0.25) is 29.6 Å². The summed E-state index contributed by atoms with van der Waals surface area (Å²) in [6.45, 7) is 3.41. The Balaban J connectivity index is 0.000000243. The number of carbonyl (C=O) groups excluding carboxylic acids is 5. The van der Waals surface area contributed by atoms with Crippen LogP contribution in [0, 0.1) is 17.0 Å². The van der Waals surface area contributed by atoms with Gasteiger partial charge in [-0.25, -0.2) is 28.3 Å². The normalized spacial score (nSPS) is 18.2. The topological polar surface area (TPSA) is 265 Å². The SMILES string of the molecule is CC(=O)NC[C@H]1CN(c2cc3c(cc2F)-c2nc(N)ncc2CCC3)C(=O)O1.CC(=O)NC[C@H]1CN(c2cc3c(cc2F)C(=O)/C(=C/N(C)C)CCC3)C(=O)O1.Cl.N=C(N)N. The summed E-state index contributed by atoms with van der Waals surface area (Å²) in [5, 5.41) is 11.2. The molecule has 2 saturated heterocycles. The number of fused-ring (bicyclic) bond motifs is 4. The largest absolute Gasteiger partial charge is 0.442 e. The third kappa shape index (κ3) is 12.0. The minimum absolute atomic E-state index is 0. The zero-order valence-electron chi connectivity index (χ0n) is 34.2. The van der Waals surface area contributed by atoms with E-state index in [0.717, 1.165) is 42.4 Å². The fourth-order valence-corrected chi connectivity index (χ4v) is 7.13. The van der Waals surface area contributed by atoms with Gasteiger partial charge in [0, 0.05) is 57.0 Å². The van der Waals surface area contributed by atoms with Crippen molar-refractivity contribution in [2.24, 2.45) is 11.5 Å². The minimum Gasteiger partial charge on any atom is -0.442 e. The summed E-state index contributed by atoms with van der Waals surface area (Å²) in [5.41, 5.74) is 19.8. The van der Waals surface area contributed by atoms with Crippen molar-refractivity contribution < 1.29 is 42.2 Å². The number of allylic oxidation sites excluding steroid dienone is 1. The Hall–Kier alpha value is -6.57. The zero-order valence-corrected chi connectivity index (χ0v) is 35.0. The Bertz CT molecular complexity index is 2220. The molecule has 0 saturated carbocycles. The van der Waals surface area contributed by atoms with Crippen LogP contribution in [0.1, 0.15) is 60.2 Å². The lowest BCUT2D eigenvalue weighted by Gasteiger charge is -2.17. The van der Waals surface area contributed by atoms with E-state index in [9.17, 15) is 32.8 Å². The number of aromatic nitrogens is 2. The van der Waals surface area contributed by atoms with Crippen LogP contribution in [0.5, 0.6) is 0 Å². The van der Waals surface area contributed by atoms with Crippen molar-refractivity contribution in [1.82, 2.24) is 25.5 Å². The highest BCUT2D eigenvalue weighted by molar-refractivity contribution is 6.10. The Morgan fingerprint density at radius 3 is 1.79 bits per heavy atom. The van der Waals surface area contributed by atoms with E-state index in [4.69, 9.17) is 20.6 Å². The van der Waals surface area contributed by atoms with Crippen molar-refractivity contribution in [3.63, 3.8) is 0 Å². The number of nitrogens with two attached hydrogens (primary N) is 3. The van der Waals surface area contributed by atoms with Crippen molar-refractivity contribution in [1.29, 1.82) is 5.41 Å². The number of Topliss-reactive ketones (excluding diaryl/α,β-unsaturated/α-hetero) is 1. The molecule has 0 bridgehead atoms. The molecule has 3 aromatic rings. The molecular formula is C40H50ClF2N11O7. The fraction of sp³-hybridized carbons (Fsp3) is 0.400. The number of hydrogen-bond acceptors (Lipinski definition) is 12. The summed E-state index contributed by atoms with van der Waals surface area (Å²) in [7, 11) is 3.68. The van der Waals surface area contributed by atoms with Gasteiger partial charge in [-0.15, -0.1) is 12.4 Å². The summed E-state index contributed by atoms with van der Waals surface area (Å²) in [4.78, 5) is 72.0. The number of halogens is 3. The molecule has 0 radical (unpaired) electrons. The third-order valence-corrected chi connectivity index (χ3v) is 9.71. The van der Waals surface area contributed by atoms with E-state index in [1.54, 1.807) is 29.4 Å². The number of hydrogen-bond donors (Lipinski definition) is 6. The molecule has 0 unspecified atom stereocenters. The van der Waals surface area contributed by atoms with Crippen molar-refractivity contribution in [2.75, 3.05) is 55.8 Å². The maximum absolute atomic E-state index is 15.0. The number of carbonyl (C=O) groups is 5. The average Bonchev–Trinajstić information content (AvgIpc) is 3.63. The summed E-state index contributed by atoms with van der Waals surface area (Å²) in [6.07, 6.45) is 5.43. The molecule has 2 aromatic carbocycles. The molecule has 0 spiro atoms. The molecule has 4 amide bonds. The van der Waals surface area contributed by atoms with Gasteiger partial charge in [-0.05, 0) is 79.5 Å². The van der Waals surface area contributed by atoms with E-state index in [2.05, 4.69) is 32.1 Å². The van der Waals surface area contributed by atoms with E-state index in [1.807, 2.05) is 14.1 Å². The van der Waals surface area contributed by atoms with Crippen LogP contribution in [-0.4, -0.2) is 103 Å². The number of guanidine groups is 1. The van der Waals surface area contributed by atoms with Crippen molar-refractivity contribution in [3.05, 3.63) is 76.1 Å². The quantitative estimate of drug-likeness (QED) is 0.0863. The first-order valence-corrected chi connectivity index (χ1v) is 19.1. The lowest BCUT2D eigenvalue weighted by molar-refractivity contribution is -0.120. The Morgan fingerprint density at radius 2 is 1.30 bits per heavy atom. The van der Waals surface area contributed by atoms with Gasteiger partial charge < -0.3 is 42.2 Å². The average molecular weight is 870 g/mol. The fourth-order valence-electron chi connectivity index (χ4n) is 7.13. The number of rotatable bonds is 7. The van der Waals surface area contributed by atoms with Crippen molar-refractivity contribution in [3.8, 4) is 11.3 Å². The highest BCUT2D eigenvalue weighted by Gasteiger charge is 2.36. The van der Waals surface area contributed by atoms with Crippen LogP contribution in [-0.2, 0) is 38.3 Å². The lowest BCUT2D eigenvalue weighted by atomic mass is 9.99. The molecule has 21 heteroatoms. The maximum atomic E-state index is 15.0. The van der Waals surface area contributed by atoms with Crippen LogP contribution >= 0.6 is 12.4 Å². The van der Waals surface area contributed by atoms with E-state index in [0.29, 0.717) is 35.2 Å². The molecule has 328 valence electrons. The van der Waals surface area contributed by atoms with E-state index < -0.39 is 36.0 Å². The van der Waals surface area contributed by atoms with Crippen molar-refractivity contribution >= 4 is 65.5 Å². The second-order valence-electron chi connectivity index (χ2n) is 14.7. The molecular weight excluding hydrogens is 820 g/mol. The molecule has 4 aliphatic rings. The first kappa shape index (κ1) is 47.1. The molecule has 2 fully saturated rings. The Kier molecular flexibility index (Phi) is 15.9. The number of nitrogens with zero attached hydrogens (tertiary/aromatic N) is 5. The standard InChI is InChI=1S/C20H24FN3O4.C19H20FN5O3.CH5N3.ClH/c1-12(25)22-9-15-11-24(20(27)28-15)18-7-13-5-4-6-14(10-23(2)3)19(26)16(13)8-17(18)21;1-10(26)22-8-13-9-25(19(27)28-13)16-5-11-3-2-4-12-7-23-18(21)24-17(12)14(11)6-15(16)20;2-1(3)4;/h7-8,10,15H,4-6,9,11H2,1-3H3,(H,22,25);5-7,13H,2-4,8-9H2,1H3,(H,22,26)(H2,21,23,24);(H5,2,3,4);1H/b14-10+;;;/t15-;13-;;/m00../s1. The van der Waals surface area contributed by atoms with Crippen LogP contribution in [0.25, 0.3) is 11.3 Å². The second kappa shape index (κ2) is 20.6. The van der Waals surface area contributed by atoms with Gasteiger partial charge in [0.25, 0.3) is 0 Å². The number of aryl methyl sites for hydroxylation is 3. The number of benzene rings is 2. The number of ketones is 1. The summed E-state index contributed by atoms with van der Waals surface area (Å²) < 4.78 is 40.3. The van der Waals surface area contributed by atoms with Crippen LogP contribution in [0.4, 0.5) is 35.7 Å². The highest BCUT2D eigenvalue weighted by atomic mass is 35.5. The van der Waals surface area contributed by atoms with E-state index >= 15 is 0 Å². The number of amides is 4. The molecule has 9 N–H and O–H groups in total. The molecule has 2 aliphatic heterocycles. The highest BCUT2D eigenvalue weighted by Crippen LogP contribution is 2.37. The molecule has 2 atom stereocenters. The summed E-state index contributed by atoms with van der Waals surface area (Å²) >= 11 is 0. The maximum Gasteiger partial charge on any atom is 0.414 e. The van der Waals surface area contributed by atoms with Crippen LogP contribution in [0.3, 0.4) is 0 Å². The molecule has 7 rings (SSSR count). The van der Waals surface area contributed by atoms with Crippen LogP contribution in [0.15, 0.2) is 42.2 Å². The van der Waals surface area contributed by atoms with Crippen LogP contribution < -0.4 is 37.6 Å². The van der Waals surface area contributed by atoms with Gasteiger partial charge in [0.1, 0.15) is 23.8 Å². The van der Waals surface area contributed by atoms with Crippen molar-refractivity contribution in [2.45, 2.75) is 64.6 Å². The lowest BCUT2D eigenvalue weighted by Crippen LogP contribution is -2.33. The Morgan fingerprint density at radius 1 is 0.836 bits per heavy atom.